The van der Waals surface area contributed by atoms with Crippen LogP contribution in [0.2, 0.25) is 0 Å². The van der Waals surface area contributed by atoms with Gasteiger partial charge >= 0.3 is 0 Å². The topological polar surface area (TPSA) is 38.5 Å². The normalized spacial score (nSPS) is 19.2. The molecule has 1 heterocycles. The summed E-state index contributed by atoms with van der Waals surface area (Å²) in [4.78, 5) is 2.41. The standard InChI is InChI=1S/C14H22N2O/c1-2-17-10-9-16-13(11-15)8-7-12-5-3-4-6-14(12)16/h3-6,13H,2,7-11,15H2,1H3. The van der Waals surface area contributed by atoms with E-state index in [0.29, 0.717) is 6.04 Å². The molecular weight excluding hydrogens is 212 g/mol. The number of hydrogen-bond acceptors (Lipinski definition) is 3. The van der Waals surface area contributed by atoms with Gasteiger partial charge < -0.3 is 15.4 Å². The molecule has 3 heteroatoms. The first-order valence-corrected chi connectivity index (χ1v) is 6.49. The summed E-state index contributed by atoms with van der Waals surface area (Å²) in [5.41, 5.74) is 8.65. The zero-order valence-corrected chi connectivity index (χ0v) is 10.6. The zero-order chi connectivity index (χ0) is 12.1. The van der Waals surface area contributed by atoms with Gasteiger partial charge in [0.25, 0.3) is 0 Å². The van der Waals surface area contributed by atoms with Crippen molar-refractivity contribution >= 4 is 5.69 Å². The first kappa shape index (κ1) is 12.4. The van der Waals surface area contributed by atoms with E-state index in [2.05, 4.69) is 29.2 Å². The van der Waals surface area contributed by atoms with Crippen LogP contribution in [0, 0.1) is 0 Å². The lowest BCUT2D eigenvalue weighted by Gasteiger charge is -2.38. The Morgan fingerprint density at radius 2 is 2.24 bits per heavy atom. The second kappa shape index (κ2) is 6.03. The summed E-state index contributed by atoms with van der Waals surface area (Å²) >= 11 is 0. The maximum Gasteiger partial charge on any atom is 0.0641 e. The van der Waals surface area contributed by atoms with E-state index >= 15 is 0 Å². The summed E-state index contributed by atoms with van der Waals surface area (Å²) in [6, 6.07) is 9.09. The number of rotatable bonds is 5. The predicted molar refractivity (Wildman–Crippen MR) is 71.4 cm³/mol. The minimum absolute atomic E-state index is 0.463. The van der Waals surface area contributed by atoms with E-state index in [4.69, 9.17) is 10.5 Å². The molecule has 0 bridgehead atoms. The monoisotopic (exact) mass is 234 g/mol. The molecule has 1 aromatic rings. The van der Waals surface area contributed by atoms with Crippen LogP contribution in [-0.4, -0.2) is 32.3 Å². The number of benzene rings is 1. The molecular formula is C14H22N2O. The third-order valence-corrected chi connectivity index (χ3v) is 3.44. The molecule has 0 aromatic heterocycles. The van der Waals surface area contributed by atoms with E-state index in [1.54, 1.807) is 0 Å². The summed E-state index contributed by atoms with van der Waals surface area (Å²) in [6.45, 7) is 5.25. The van der Waals surface area contributed by atoms with Crippen LogP contribution in [0.15, 0.2) is 24.3 Å². The molecule has 17 heavy (non-hydrogen) atoms. The van der Waals surface area contributed by atoms with Crippen molar-refractivity contribution in [3.63, 3.8) is 0 Å². The number of ether oxygens (including phenoxy) is 1. The molecule has 0 fully saturated rings. The Morgan fingerprint density at radius 3 is 3.00 bits per heavy atom. The average Bonchev–Trinajstić information content (AvgIpc) is 2.39. The quantitative estimate of drug-likeness (QED) is 0.790. The number of fused-ring (bicyclic) bond motifs is 1. The van der Waals surface area contributed by atoms with Crippen LogP contribution in [0.3, 0.4) is 0 Å². The molecule has 1 aliphatic rings. The molecule has 1 unspecified atom stereocenters. The minimum atomic E-state index is 0.463. The van der Waals surface area contributed by atoms with Gasteiger partial charge in [-0.3, -0.25) is 0 Å². The van der Waals surface area contributed by atoms with Crippen molar-refractivity contribution in [1.29, 1.82) is 0 Å². The molecule has 2 N–H and O–H groups in total. The Hall–Kier alpha value is -1.06. The van der Waals surface area contributed by atoms with Gasteiger partial charge in [-0.25, -0.2) is 0 Å². The van der Waals surface area contributed by atoms with Gasteiger partial charge in [-0.05, 0) is 31.4 Å². The van der Waals surface area contributed by atoms with Gasteiger partial charge in [0, 0.05) is 31.4 Å². The lowest BCUT2D eigenvalue weighted by atomic mass is 9.96. The molecule has 0 amide bonds. The minimum Gasteiger partial charge on any atom is -0.380 e. The van der Waals surface area contributed by atoms with E-state index in [1.807, 2.05) is 6.92 Å². The van der Waals surface area contributed by atoms with E-state index in [9.17, 15) is 0 Å². The van der Waals surface area contributed by atoms with E-state index in [0.717, 1.165) is 39.1 Å². The summed E-state index contributed by atoms with van der Waals surface area (Å²) < 4.78 is 5.46. The summed E-state index contributed by atoms with van der Waals surface area (Å²) in [5.74, 6) is 0. The molecule has 1 aromatic carbocycles. The second-order valence-electron chi connectivity index (χ2n) is 4.45. The van der Waals surface area contributed by atoms with Crippen molar-refractivity contribution in [2.45, 2.75) is 25.8 Å². The van der Waals surface area contributed by atoms with Gasteiger partial charge in [0.05, 0.1) is 6.61 Å². The van der Waals surface area contributed by atoms with Crippen LogP contribution in [-0.2, 0) is 11.2 Å². The Bertz CT molecular complexity index is 354. The first-order chi connectivity index (χ1) is 8.36. The van der Waals surface area contributed by atoms with Gasteiger partial charge in [-0.15, -0.1) is 0 Å². The highest BCUT2D eigenvalue weighted by Gasteiger charge is 2.24. The van der Waals surface area contributed by atoms with Crippen LogP contribution in [0.25, 0.3) is 0 Å². The lowest BCUT2D eigenvalue weighted by Crippen LogP contribution is -2.45. The van der Waals surface area contributed by atoms with Gasteiger partial charge in [-0.1, -0.05) is 18.2 Å². The highest BCUT2D eigenvalue weighted by atomic mass is 16.5. The predicted octanol–water partition coefficient (Wildman–Crippen LogP) is 1.80. The number of para-hydroxylation sites is 1. The Labute approximate surface area is 104 Å². The molecule has 1 aliphatic heterocycles. The summed E-state index contributed by atoms with van der Waals surface area (Å²) in [5, 5.41) is 0. The molecule has 94 valence electrons. The van der Waals surface area contributed by atoms with Crippen LogP contribution >= 0.6 is 0 Å². The average molecular weight is 234 g/mol. The maximum atomic E-state index is 5.87. The van der Waals surface area contributed by atoms with Crippen LogP contribution in [0.5, 0.6) is 0 Å². The number of hydrogen-bond donors (Lipinski definition) is 1. The van der Waals surface area contributed by atoms with Crippen molar-refractivity contribution in [2.24, 2.45) is 5.73 Å². The van der Waals surface area contributed by atoms with Crippen molar-refractivity contribution < 1.29 is 4.74 Å². The molecule has 0 saturated carbocycles. The molecule has 2 rings (SSSR count). The zero-order valence-electron chi connectivity index (χ0n) is 10.6. The van der Waals surface area contributed by atoms with E-state index in [1.165, 1.54) is 11.3 Å². The number of aryl methyl sites for hydroxylation is 1. The first-order valence-electron chi connectivity index (χ1n) is 6.49. The molecule has 0 radical (unpaired) electrons. The maximum absolute atomic E-state index is 5.87. The number of nitrogens with two attached hydrogens (primary N) is 1. The Morgan fingerprint density at radius 1 is 1.41 bits per heavy atom. The lowest BCUT2D eigenvalue weighted by molar-refractivity contribution is 0.152. The fraction of sp³-hybridized carbons (Fsp3) is 0.571. The molecule has 0 aliphatic carbocycles. The smallest absolute Gasteiger partial charge is 0.0641 e. The van der Waals surface area contributed by atoms with Crippen molar-refractivity contribution in [3.05, 3.63) is 29.8 Å². The summed E-state index contributed by atoms with van der Waals surface area (Å²) in [6.07, 6.45) is 2.29. The van der Waals surface area contributed by atoms with E-state index in [-0.39, 0.29) is 0 Å². The Kier molecular flexibility index (Phi) is 4.40. The van der Waals surface area contributed by atoms with Crippen LogP contribution < -0.4 is 10.6 Å². The van der Waals surface area contributed by atoms with Crippen LogP contribution in [0.1, 0.15) is 18.9 Å². The molecule has 0 spiro atoms. The third-order valence-electron chi connectivity index (χ3n) is 3.44. The van der Waals surface area contributed by atoms with Gasteiger partial charge in [0.1, 0.15) is 0 Å². The highest BCUT2D eigenvalue weighted by molar-refractivity contribution is 5.56. The molecule has 0 saturated heterocycles. The fourth-order valence-electron chi connectivity index (χ4n) is 2.53. The molecule has 1 atom stereocenters. The number of nitrogens with zero attached hydrogens (tertiary/aromatic N) is 1. The third kappa shape index (κ3) is 2.79. The van der Waals surface area contributed by atoms with E-state index < -0.39 is 0 Å². The van der Waals surface area contributed by atoms with Gasteiger partial charge in [0.15, 0.2) is 0 Å². The van der Waals surface area contributed by atoms with Crippen molar-refractivity contribution in [2.75, 3.05) is 31.2 Å². The fourth-order valence-corrected chi connectivity index (χ4v) is 2.53. The van der Waals surface area contributed by atoms with Gasteiger partial charge in [-0.2, -0.15) is 0 Å². The second-order valence-corrected chi connectivity index (χ2v) is 4.45. The summed E-state index contributed by atoms with van der Waals surface area (Å²) in [7, 11) is 0. The molecule has 3 nitrogen and oxygen atoms in total. The van der Waals surface area contributed by atoms with Crippen LogP contribution in [0.4, 0.5) is 5.69 Å². The highest BCUT2D eigenvalue weighted by Crippen LogP contribution is 2.29. The largest absolute Gasteiger partial charge is 0.380 e. The Balaban J connectivity index is 2.13. The number of anilines is 1. The van der Waals surface area contributed by atoms with Gasteiger partial charge in [0.2, 0.25) is 0 Å². The van der Waals surface area contributed by atoms with Crippen molar-refractivity contribution in [1.82, 2.24) is 0 Å². The van der Waals surface area contributed by atoms with Crippen molar-refractivity contribution in [3.8, 4) is 0 Å². The SMILES string of the molecule is CCOCCN1c2ccccc2CCC1CN.